The Hall–Kier alpha value is -1.66. The number of methoxy groups -OCH3 is 1. The highest BCUT2D eigenvalue weighted by molar-refractivity contribution is 6.29. The van der Waals surface area contributed by atoms with Crippen LogP contribution in [-0.4, -0.2) is 17.1 Å². The molecule has 0 unspecified atom stereocenters. The molecule has 1 aromatic carbocycles. The molecular formula is C12H8ClF3N2O. The normalized spacial score (nSPS) is 10.8. The molecule has 2 aromatic rings. The highest BCUT2D eigenvalue weighted by atomic mass is 35.5. The average molecular weight is 289 g/mol. The molecule has 0 saturated heterocycles. The van der Waals surface area contributed by atoms with Gasteiger partial charge in [0.1, 0.15) is 11.8 Å². The van der Waals surface area contributed by atoms with Gasteiger partial charge in [-0.3, -0.25) is 0 Å². The van der Waals surface area contributed by atoms with Crippen LogP contribution in [0.15, 0.2) is 18.2 Å². The summed E-state index contributed by atoms with van der Waals surface area (Å²) in [4.78, 5) is 7.83. The van der Waals surface area contributed by atoms with Gasteiger partial charge in [0.25, 0.3) is 0 Å². The first-order valence-corrected chi connectivity index (χ1v) is 5.57. The lowest BCUT2D eigenvalue weighted by Gasteiger charge is -2.06. The SMILES string of the molecule is COCc1nc(Cl)cc(-c2ccc(F)c(F)c2F)n1. The molecule has 0 N–H and O–H groups in total. The third-order valence-electron chi connectivity index (χ3n) is 2.33. The van der Waals surface area contributed by atoms with Crippen LogP contribution in [0.1, 0.15) is 5.82 Å². The maximum absolute atomic E-state index is 13.6. The first-order chi connectivity index (χ1) is 9.02. The zero-order valence-corrected chi connectivity index (χ0v) is 10.5. The maximum atomic E-state index is 13.6. The van der Waals surface area contributed by atoms with E-state index in [2.05, 4.69) is 9.97 Å². The van der Waals surface area contributed by atoms with Crippen molar-refractivity contribution in [1.82, 2.24) is 9.97 Å². The van der Waals surface area contributed by atoms with Gasteiger partial charge in [-0.2, -0.15) is 0 Å². The summed E-state index contributed by atoms with van der Waals surface area (Å²) in [5, 5.41) is 0.0567. The molecule has 0 aliphatic rings. The van der Waals surface area contributed by atoms with Gasteiger partial charge in [0, 0.05) is 18.7 Å². The van der Waals surface area contributed by atoms with E-state index in [1.807, 2.05) is 0 Å². The van der Waals surface area contributed by atoms with Gasteiger partial charge in [0.05, 0.1) is 5.69 Å². The second kappa shape index (κ2) is 5.54. The highest BCUT2D eigenvalue weighted by Gasteiger charge is 2.16. The fourth-order valence-electron chi connectivity index (χ4n) is 1.52. The number of nitrogens with zero attached hydrogens (tertiary/aromatic N) is 2. The smallest absolute Gasteiger partial charge is 0.195 e. The van der Waals surface area contributed by atoms with Gasteiger partial charge in [-0.15, -0.1) is 0 Å². The molecule has 0 saturated carbocycles. The fourth-order valence-corrected chi connectivity index (χ4v) is 1.72. The number of aromatic nitrogens is 2. The maximum Gasteiger partial charge on any atom is 0.195 e. The van der Waals surface area contributed by atoms with Gasteiger partial charge in [-0.05, 0) is 12.1 Å². The third kappa shape index (κ3) is 2.85. The van der Waals surface area contributed by atoms with E-state index in [0.29, 0.717) is 0 Å². The molecule has 100 valence electrons. The Morgan fingerprint density at radius 1 is 1.16 bits per heavy atom. The summed E-state index contributed by atoms with van der Waals surface area (Å²) in [6.45, 7) is 0.0683. The fraction of sp³-hybridized carbons (Fsp3) is 0.167. The Bertz CT molecular complexity index is 622. The monoisotopic (exact) mass is 288 g/mol. The van der Waals surface area contributed by atoms with Crippen LogP contribution in [0.25, 0.3) is 11.3 Å². The van der Waals surface area contributed by atoms with E-state index in [9.17, 15) is 13.2 Å². The number of rotatable bonds is 3. The molecule has 2 rings (SSSR count). The van der Waals surface area contributed by atoms with Gasteiger partial charge in [-0.25, -0.2) is 23.1 Å². The summed E-state index contributed by atoms with van der Waals surface area (Å²) in [6, 6.07) is 3.17. The summed E-state index contributed by atoms with van der Waals surface area (Å²) in [5.41, 5.74) is -0.135. The summed E-state index contributed by atoms with van der Waals surface area (Å²) in [6.07, 6.45) is 0. The standard InChI is InChI=1S/C12H8ClF3N2O/c1-19-5-10-17-8(4-9(13)18-10)6-2-3-7(14)12(16)11(6)15/h2-4H,5H2,1H3. The van der Waals surface area contributed by atoms with Crippen LogP contribution < -0.4 is 0 Å². The van der Waals surface area contributed by atoms with Crippen molar-refractivity contribution >= 4 is 11.6 Å². The predicted octanol–water partition coefficient (Wildman–Crippen LogP) is 3.36. The molecule has 1 heterocycles. The van der Waals surface area contributed by atoms with Crippen LogP contribution >= 0.6 is 11.6 Å². The average Bonchev–Trinajstić information content (AvgIpc) is 2.36. The molecule has 0 aliphatic carbocycles. The van der Waals surface area contributed by atoms with Gasteiger partial charge in [0.15, 0.2) is 23.3 Å². The highest BCUT2D eigenvalue weighted by Crippen LogP contribution is 2.26. The summed E-state index contributed by atoms with van der Waals surface area (Å²) >= 11 is 5.76. The van der Waals surface area contributed by atoms with Crippen LogP contribution in [0.2, 0.25) is 5.15 Å². The lowest BCUT2D eigenvalue weighted by molar-refractivity contribution is 0.178. The zero-order chi connectivity index (χ0) is 14.0. The van der Waals surface area contributed by atoms with E-state index >= 15 is 0 Å². The van der Waals surface area contributed by atoms with Gasteiger partial charge >= 0.3 is 0 Å². The van der Waals surface area contributed by atoms with Crippen LogP contribution in [0.4, 0.5) is 13.2 Å². The molecule has 7 heteroatoms. The van der Waals surface area contributed by atoms with Crippen molar-refractivity contribution in [3.8, 4) is 11.3 Å². The molecule has 0 bridgehead atoms. The summed E-state index contributed by atoms with van der Waals surface area (Å²) in [7, 11) is 1.43. The molecule has 0 spiro atoms. The van der Waals surface area contributed by atoms with E-state index in [1.165, 1.54) is 13.2 Å². The Balaban J connectivity index is 2.55. The van der Waals surface area contributed by atoms with Crippen molar-refractivity contribution in [1.29, 1.82) is 0 Å². The Labute approximate surface area is 112 Å². The largest absolute Gasteiger partial charge is 0.377 e. The van der Waals surface area contributed by atoms with E-state index in [-0.39, 0.29) is 28.8 Å². The summed E-state index contributed by atoms with van der Waals surface area (Å²) < 4.78 is 44.5. The molecule has 0 fully saturated rings. The van der Waals surface area contributed by atoms with Crippen molar-refractivity contribution in [2.45, 2.75) is 6.61 Å². The number of benzene rings is 1. The first kappa shape index (κ1) is 13.8. The minimum atomic E-state index is -1.56. The third-order valence-corrected chi connectivity index (χ3v) is 2.52. The molecular weight excluding hydrogens is 281 g/mol. The first-order valence-electron chi connectivity index (χ1n) is 5.19. The van der Waals surface area contributed by atoms with Crippen molar-refractivity contribution < 1.29 is 17.9 Å². The molecule has 0 aliphatic heterocycles. The number of hydrogen-bond donors (Lipinski definition) is 0. The number of halogens is 4. The van der Waals surface area contributed by atoms with E-state index in [4.69, 9.17) is 16.3 Å². The second-order valence-electron chi connectivity index (χ2n) is 3.65. The Morgan fingerprint density at radius 2 is 1.89 bits per heavy atom. The van der Waals surface area contributed by atoms with Gasteiger partial charge in [0.2, 0.25) is 0 Å². The molecule has 0 amide bonds. The lowest BCUT2D eigenvalue weighted by atomic mass is 10.1. The Morgan fingerprint density at radius 3 is 2.58 bits per heavy atom. The molecule has 1 aromatic heterocycles. The van der Waals surface area contributed by atoms with Crippen molar-refractivity contribution in [3.05, 3.63) is 46.6 Å². The van der Waals surface area contributed by atoms with Gasteiger partial charge in [-0.1, -0.05) is 11.6 Å². The molecule has 19 heavy (non-hydrogen) atoms. The summed E-state index contributed by atoms with van der Waals surface area (Å²) in [5.74, 6) is -3.92. The second-order valence-corrected chi connectivity index (χ2v) is 4.04. The predicted molar refractivity (Wildman–Crippen MR) is 63.1 cm³/mol. The molecule has 0 atom stereocenters. The quantitative estimate of drug-likeness (QED) is 0.642. The topological polar surface area (TPSA) is 35.0 Å². The van der Waals surface area contributed by atoms with Crippen LogP contribution in [0, 0.1) is 17.5 Å². The van der Waals surface area contributed by atoms with E-state index in [1.54, 1.807) is 0 Å². The van der Waals surface area contributed by atoms with E-state index < -0.39 is 17.5 Å². The van der Waals surface area contributed by atoms with Crippen molar-refractivity contribution in [3.63, 3.8) is 0 Å². The van der Waals surface area contributed by atoms with Crippen LogP contribution in [0.3, 0.4) is 0 Å². The van der Waals surface area contributed by atoms with Gasteiger partial charge < -0.3 is 4.74 Å². The number of ether oxygens (including phenoxy) is 1. The van der Waals surface area contributed by atoms with Crippen molar-refractivity contribution in [2.75, 3.05) is 7.11 Å². The Kier molecular flexibility index (Phi) is 4.01. The minimum absolute atomic E-state index is 0.0567. The van der Waals surface area contributed by atoms with E-state index in [0.717, 1.165) is 12.1 Å². The molecule has 3 nitrogen and oxygen atoms in total. The zero-order valence-electron chi connectivity index (χ0n) is 9.75. The van der Waals surface area contributed by atoms with Crippen LogP contribution in [-0.2, 0) is 11.3 Å². The minimum Gasteiger partial charge on any atom is -0.377 e. The molecule has 0 radical (unpaired) electrons. The lowest BCUT2D eigenvalue weighted by Crippen LogP contribution is -2.01. The van der Waals surface area contributed by atoms with Crippen molar-refractivity contribution in [2.24, 2.45) is 0 Å². The number of hydrogen-bond acceptors (Lipinski definition) is 3. The van der Waals surface area contributed by atoms with Crippen LogP contribution in [0.5, 0.6) is 0 Å².